The molecule has 0 radical (unpaired) electrons. The van der Waals surface area contributed by atoms with E-state index in [2.05, 4.69) is 35.3 Å². The van der Waals surface area contributed by atoms with Gasteiger partial charge in [-0.25, -0.2) is 4.99 Å². The number of nitriles is 1. The number of nitrogens with zero attached hydrogens (tertiary/aromatic N) is 2. The molecule has 0 aliphatic heterocycles. The molecule has 7 heteroatoms. The molecule has 6 aromatic rings. The van der Waals surface area contributed by atoms with Crippen molar-refractivity contribution in [2.45, 2.75) is 6.61 Å². The highest BCUT2D eigenvalue weighted by molar-refractivity contribution is 5.88. The van der Waals surface area contributed by atoms with Crippen molar-refractivity contribution in [2.75, 3.05) is 7.11 Å². The van der Waals surface area contributed by atoms with Gasteiger partial charge >= 0.3 is 0 Å². The van der Waals surface area contributed by atoms with E-state index in [-0.39, 0.29) is 11.4 Å². The lowest BCUT2D eigenvalue weighted by Crippen LogP contribution is -1.99. The minimum atomic E-state index is 0.144. The maximum Gasteiger partial charge on any atom is 0.238 e. The van der Waals surface area contributed by atoms with Gasteiger partial charge in [0, 0.05) is 6.21 Å². The largest absolute Gasteiger partial charge is 0.493 e. The Morgan fingerprint density at radius 2 is 1.67 bits per heavy atom. The average Bonchev–Trinajstić information content (AvgIpc) is 3.76. The van der Waals surface area contributed by atoms with E-state index < -0.39 is 0 Å². The van der Waals surface area contributed by atoms with Crippen molar-refractivity contribution in [2.24, 2.45) is 4.99 Å². The molecule has 0 aliphatic carbocycles. The van der Waals surface area contributed by atoms with Crippen LogP contribution in [-0.2, 0) is 6.61 Å². The third-order valence-corrected chi connectivity index (χ3v) is 6.30. The zero-order valence-corrected chi connectivity index (χ0v) is 21.0. The van der Waals surface area contributed by atoms with E-state index in [1.165, 1.54) is 12.5 Å². The lowest BCUT2D eigenvalue weighted by atomic mass is 10.1. The van der Waals surface area contributed by atoms with Gasteiger partial charge in [-0.2, -0.15) is 5.26 Å². The SMILES string of the molecule is COc1cc(C=Nc2oc(-c3ccco3)c(-c3ccco3)c2C#N)ccc1OCc1cccc2ccccc12. The predicted octanol–water partition coefficient (Wildman–Crippen LogP) is 8.16. The first kappa shape index (κ1) is 23.9. The summed E-state index contributed by atoms with van der Waals surface area (Å²) in [6.07, 6.45) is 4.68. The molecule has 0 saturated heterocycles. The van der Waals surface area contributed by atoms with Crippen LogP contribution in [0.1, 0.15) is 16.7 Å². The van der Waals surface area contributed by atoms with Gasteiger partial charge in [-0.05, 0) is 64.4 Å². The van der Waals surface area contributed by atoms with Gasteiger partial charge in [-0.1, -0.05) is 42.5 Å². The summed E-state index contributed by atoms with van der Waals surface area (Å²) in [5.41, 5.74) is 2.56. The Morgan fingerprint density at radius 1 is 0.872 bits per heavy atom. The molecule has 0 unspecified atom stereocenters. The molecule has 0 fully saturated rings. The number of benzene rings is 3. The standard InChI is InChI=1S/C32H22N2O5/c1-35-29-17-21(13-14-26(29)38-20-23-9-4-8-22-7-2-3-10-24(22)23)19-34-32-25(18-33)30(27-11-5-15-36-27)31(39-32)28-12-6-16-37-28/h2-17,19H,20H2,1H3. The summed E-state index contributed by atoms with van der Waals surface area (Å²) in [6.45, 7) is 0.397. The third kappa shape index (κ3) is 4.67. The molecular formula is C32H22N2O5. The second-order valence-corrected chi connectivity index (χ2v) is 8.65. The van der Waals surface area contributed by atoms with Crippen molar-refractivity contribution < 1.29 is 22.7 Å². The van der Waals surface area contributed by atoms with Gasteiger partial charge in [0.25, 0.3) is 0 Å². The number of ether oxygens (including phenoxy) is 2. The number of furan rings is 3. The summed E-state index contributed by atoms with van der Waals surface area (Å²) in [5, 5.41) is 12.3. The van der Waals surface area contributed by atoms with Crippen LogP contribution < -0.4 is 9.47 Å². The van der Waals surface area contributed by atoms with Gasteiger partial charge in [-0.15, -0.1) is 0 Å². The molecule has 3 aromatic carbocycles. The molecule has 0 bridgehead atoms. The van der Waals surface area contributed by atoms with E-state index in [9.17, 15) is 5.26 Å². The number of hydrogen-bond acceptors (Lipinski definition) is 7. The summed E-state index contributed by atoms with van der Waals surface area (Å²) >= 11 is 0. The molecule has 0 aliphatic rings. The minimum Gasteiger partial charge on any atom is -0.493 e. The van der Waals surface area contributed by atoms with Crippen molar-refractivity contribution in [3.8, 4) is 40.4 Å². The van der Waals surface area contributed by atoms with Gasteiger partial charge in [0.2, 0.25) is 5.88 Å². The zero-order valence-electron chi connectivity index (χ0n) is 21.0. The zero-order chi connectivity index (χ0) is 26.6. The van der Waals surface area contributed by atoms with E-state index in [4.69, 9.17) is 22.7 Å². The molecule has 0 atom stereocenters. The van der Waals surface area contributed by atoms with Gasteiger partial charge in [0.05, 0.1) is 25.2 Å². The molecule has 0 N–H and O–H groups in total. The van der Waals surface area contributed by atoms with Crippen LogP contribution >= 0.6 is 0 Å². The highest BCUT2D eigenvalue weighted by atomic mass is 16.5. The molecule has 190 valence electrons. The highest BCUT2D eigenvalue weighted by Gasteiger charge is 2.26. The molecule has 0 saturated carbocycles. The Balaban J connectivity index is 1.28. The Morgan fingerprint density at radius 3 is 2.44 bits per heavy atom. The van der Waals surface area contributed by atoms with Crippen LogP contribution in [0.5, 0.6) is 11.5 Å². The Kier molecular flexibility index (Phi) is 6.42. The van der Waals surface area contributed by atoms with Gasteiger partial charge in [0.15, 0.2) is 23.0 Å². The summed E-state index contributed by atoms with van der Waals surface area (Å²) in [5.74, 6) is 2.63. The van der Waals surface area contributed by atoms with Crippen LogP contribution in [0, 0.1) is 11.3 Å². The van der Waals surface area contributed by atoms with Crippen molar-refractivity contribution in [3.05, 3.63) is 114 Å². The number of rotatable bonds is 8. The number of fused-ring (bicyclic) bond motifs is 1. The maximum atomic E-state index is 9.95. The van der Waals surface area contributed by atoms with E-state index in [0.717, 1.165) is 21.9 Å². The van der Waals surface area contributed by atoms with Crippen LogP contribution in [0.2, 0.25) is 0 Å². The quantitative estimate of drug-likeness (QED) is 0.190. The van der Waals surface area contributed by atoms with E-state index in [1.807, 2.05) is 36.4 Å². The van der Waals surface area contributed by atoms with E-state index >= 15 is 0 Å². The molecule has 0 spiro atoms. The molecule has 3 aromatic heterocycles. The highest BCUT2D eigenvalue weighted by Crippen LogP contribution is 2.43. The van der Waals surface area contributed by atoms with Crippen LogP contribution in [-0.4, -0.2) is 13.3 Å². The molecule has 39 heavy (non-hydrogen) atoms. The fourth-order valence-corrected chi connectivity index (χ4v) is 4.44. The third-order valence-electron chi connectivity index (χ3n) is 6.30. The van der Waals surface area contributed by atoms with Crippen LogP contribution in [0.25, 0.3) is 33.6 Å². The van der Waals surface area contributed by atoms with E-state index in [1.54, 1.807) is 37.6 Å². The summed E-state index contributed by atoms with van der Waals surface area (Å²) in [4.78, 5) is 4.49. The topological polar surface area (TPSA) is 94.0 Å². The Hall–Kier alpha value is -5.48. The van der Waals surface area contributed by atoms with Crippen LogP contribution in [0.4, 0.5) is 5.88 Å². The minimum absolute atomic E-state index is 0.144. The lowest BCUT2D eigenvalue weighted by Gasteiger charge is -2.12. The lowest BCUT2D eigenvalue weighted by molar-refractivity contribution is 0.285. The number of methoxy groups -OCH3 is 1. The summed E-state index contributed by atoms with van der Waals surface area (Å²) in [6, 6.07) is 29.1. The van der Waals surface area contributed by atoms with Crippen molar-refractivity contribution in [3.63, 3.8) is 0 Å². The Labute approximate surface area is 224 Å². The fourth-order valence-electron chi connectivity index (χ4n) is 4.44. The van der Waals surface area contributed by atoms with Gasteiger partial charge in [-0.3, -0.25) is 0 Å². The number of hydrogen-bond donors (Lipinski definition) is 0. The molecular weight excluding hydrogens is 492 g/mol. The average molecular weight is 515 g/mol. The normalized spacial score (nSPS) is 11.2. The molecule has 3 heterocycles. The van der Waals surface area contributed by atoms with Gasteiger partial charge in [0.1, 0.15) is 24.0 Å². The smallest absolute Gasteiger partial charge is 0.238 e. The van der Waals surface area contributed by atoms with Crippen molar-refractivity contribution in [1.29, 1.82) is 5.26 Å². The maximum absolute atomic E-state index is 9.95. The second-order valence-electron chi connectivity index (χ2n) is 8.65. The van der Waals surface area contributed by atoms with Crippen LogP contribution in [0.15, 0.2) is 116 Å². The number of aliphatic imine (C=N–C) groups is 1. The van der Waals surface area contributed by atoms with Crippen molar-refractivity contribution >= 4 is 22.9 Å². The first-order valence-corrected chi connectivity index (χ1v) is 12.2. The van der Waals surface area contributed by atoms with Gasteiger partial charge < -0.3 is 22.7 Å². The Bertz CT molecular complexity index is 1800. The summed E-state index contributed by atoms with van der Waals surface area (Å²) in [7, 11) is 1.59. The molecule has 0 amide bonds. The molecule has 7 nitrogen and oxygen atoms in total. The van der Waals surface area contributed by atoms with E-state index in [0.29, 0.717) is 41.0 Å². The first-order chi connectivity index (χ1) is 19.2. The van der Waals surface area contributed by atoms with Crippen LogP contribution in [0.3, 0.4) is 0 Å². The monoisotopic (exact) mass is 514 g/mol. The second kappa shape index (κ2) is 10.5. The first-order valence-electron chi connectivity index (χ1n) is 12.2. The van der Waals surface area contributed by atoms with Crippen molar-refractivity contribution in [1.82, 2.24) is 0 Å². The fraction of sp³-hybridized carbons (Fsp3) is 0.0625. The summed E-state index contributed by atoms with van der Waals surface area (Å²) < 4.78 is 28.8. The molecule has 6 rings (SSSR count). The predicted molar refractivity (Wildman–Crippen MR) is 147 cm³/mol.